The van der Waals surface area contributed by atoms with Gasteiger partial charge in [0.15, 0.2) is 0 Å². The van der Waals surface area contributed by atoms with Crippen LogP contribution < -0.4 is 15.4 Å². The molecule has 0 aliphatic rings. The van der Waals surface area contributed by atoms with Gasteiger partial charge in [-0.3, -0.25) is 4.79 Å². The molecule has 0 aliphatic carbocycles. The minimum Gasteiger partial charge on any atom is -0.507 e. The molecule has 0 aliphatic heterocycles. The van der Waals surface area contributed by atoms with Gasteiger partial charge in [0, 0.05) is 11.4 Å². The number of nitrogens with one attached hydrogen (secondary N) is 3. The lowest BCUT2D eigenvalue weighted by Crippen LogP contribution is -2.30. The lowest BCUT2D eigenvalue weighted by atomic mass is 10.2. The standard InChI is InChI=1S/C21H19N3O5S/c1-14-6-8-15(9-7-14)22-21(27)23-16-10-12-17(13-11-16)30(28,29)24-20(26)18-4-2-3-5-19(18)25/h2-13,25H,1H3,(H,24,26)(H2,22,23,27). The largest absolute Gasteiger partial charge is 0.507 e. The van der Waals surface area contributed by atoms with Gasteiger partial charge >= 0.3 is 6.03 Å². The Morgan fingerprint density at radius 2 is 1.33 bits per heavy atom. The maximum absolute atomic E-state index is 12.4. The highest BCUT2D eigenvalue weighted by atomic mass is 32.2. The van der Waals surface area contributed by atoms with E-state index >= 15 is 0 Å². The third-order valence-corrected chi connectivity index (χ3v) is 5.45. The van der Waals surface area contributed by atoms with Crippen LogP contribution in [0.15, 0.2) is 77.7 Å². The number of amides is 3. The second-order valence-electron chi connectivity index (χ2n) is 6.42. The number of anilines is 2. The Balaban J connectivity index is 1.65. The number of hydrogen-bond acceptors (Lipinski definition) is 5. The summed E-state index contributed by atoms with van der Waals surface area (Å²) in [6.07, 6.45) is 0. The Morgan fingerprint density at radius 1 is 0.800 bits per heavy atom. The number of aryl methyl sites for hydroxylation is 1. The summed E-state index contributed by atoms with van der Waals surface area (Å²) in [5, 5.41) is 14.9. The fourth-order valence-corrected chi connectivity index (χ4v) is 3.52. The van der Waals surface area contributed by atoms with Gasteiger partial charge in [0.25, 0.3) is 15.9 Å². The first-order valence-corrected chi connectivity index (χ1v) is 10.3. The van der Waals surface area contributed by atoms with Crippen LogP contribution in [0.25, 0.3) is 0 Å². The van der Waals surface area contributed by atoms with Gasteiger partial charge in [0.05, 0.1) is 10.5 Å². The van der Waals surface area contributed by atoms with E-state index in [-0.39, 0.29) is 16.2 Å². The van der Waals surface area contributed by atoms with Crippen LogP contribution >= 0.6 is 0 Å². The molecule has 4 N–H and O–H groups in total. The fourth-order valence-electron chi connectivity index (χ4n) is 2.55. The molecule has 3 aromatic rings. The number of phenols is 1. The van der Waals surface area contributed by atoms with Gasteiger partial charge in [0.1, 0.15) is 5.75 Å². The van der Waals surface area contributed by atoms with E-state index < -0.39 is 22.0 Å². The van der Waals surface area contributed by atoms with Crippen LogP contribution in [0.5, 0.6) is 5.75 Å². The molecule has 0 radical (unpaired) electrons. The molecule has 3 amide bonds. The van der Waals surface area contributed by atoms with Crippen molar-refractivity contribution in [1.82, 2.24) is 4.72 Å². The van der Waals surface area contributed by atoms with Crippen LogP contribution in [0, 0.1) is 6.92 Å². The van der Waals surface area contributed by atoms with E-state index in [4.69, 9.17) is 0 Å². The Bertz CT molecular complexity index is 1170. The molecule has 0 unspecified atom stereocenters. The Labute approximate surface area is 173 Å². The number of carbonyl (C=O) groups is 2. The average Bonchev–Trinajstić information content (AvgIpc) is 2.70. The number of aromatic hydroxyl groups is 1. The number of rotatable bonds is 5. The predicted octanol–water partition coefficient (Wildman–Crippen LogP) is 3.46. The summed E-state index contributed by atoms with van der Waals surface area (Å²) >= 11 is 0. The summed E-state index contributed by atoms with van der Waals surface area (Å²) in [7, 11) is -4.16. The highest BCUT2D eigenvalue weighted by Gasteiger charge is 2.20. The van der Waals surface area contributed by atoms with E-state index in [0.29, 0.717) is 11.4 Å². The van der Waals surface area contributed by atoms with Crippen molar-refractivity contribution >= 4 is 33.3 Å². The molecule has 0 saturated heterocycles. The topological polar surface area (TPSA) is 125 Å². The minimum atomic E-state index is -4.16. The summed E-state index contributed by atoms with van der Waals surface area (Å²) < 4.78 is 26.7. The van der Waals surface area contributed by atoms with Gasteiger partial charge in [-0.1, -0.05) is 29.8 Å². The van der Waals surface area contributed by atoms with Crippen LogP contribution in [-0.4, -0.2) is 25.5 Å². The van der Waals surface area contributed by atoms with E-state index in [9.17, 15) is 23.1 Å². The maximum atomic E-state index is 12.4. The van der Waals surface area contributed by atoms with Crippen molar-refractivity contribution < 1.29 is 23.1 Å². The molecule has 9 heteroatoms. The lowest BCUT2D eigenvalue weighted by molar-refractivity contribution is 0.0979. The second kappa shape index (κ2) is 8.66. The van der Waals surface area contributed by atoms with Gasteiger partial charge < -0.3 is 15.7 Å². The molecule has 0 saturated carbocycles. The average molecular weight is 425 g/mol. The zero-order valence-corrected chi connectivity index (χ0v) is 16.7. The van der Waals surface area contributed by atoms with Crippen LogP contribution in [0.3, 0.4) is 0 Å². The molecule has 0 bridgehead atoms. The van der Waals surface area contributed by atoms with Gasteiger partial charge in [-0.15, -0.1) is 0 Å². The summed E-state index contributed by atoms with van der Waals surface area (Å²) in [6.45, 7) is 1.93. The smallest absolute Gasteiger partial charge is 0.323 e. The summed E-state index contributed by atoms with van der Waals surface area (Å²) in [5.41, 5.74) is 1.88. The van der Waals surface area contributed by atoms with Crippen LogP contribution in [-0.2, 0) is 10.0 Å². The molecule has 3 aromatic carbocycles. The molecule has 0 atom stereocenters. The van der Waals surface area contributed by atoms with Crippen LogP contribution in [0.4, 0.5) is 16.2 Å². The molecule has 3 rings (SSSR count). The monoisotopic (exact) mass is 425 g/mol. The fraction of sp³-hybridized carbons (Fsp3) is 0.0476. The summed E-state index contributed by atoms with van der Waals surface area (Å²) in [4.78, 5) is 24.0. The van der Waals surface area contributed by atoms with E-state index in [1.165, 1.54) is 48.5 Å². The van der Waals surface area contributed by atoms with E-state index in [2.05, 4.69) is 10.6 Å². The maximum Gasteiger partial charge on any atom is 0.323 e. The summed E-state index contributed by atoms with van der Waals surface area (Å²) in [6, 6.07) is 17.7. The molecular formula is C21H19N3O5S. The van der Waals surface area contributed by atoms with Crippen molar-refractivity contribution in [2.75, 3.05) is 10.6 Å². The Hall–Kier alpha value is -3.85. The first-order valence-electron chi connectivity index (χ1n) is 8.84. The number of hydrogen-bond donors (Lipinski definition) is 4. The van der Waals surface area contributed by atoms with Crippen molar-refractivity contribution in [3.63, 3.8) is 0 Å². The zero-order valence-electron chi connectivity index (χ0n) is 15.9. The van der Waals surface area contributed by atoms with Crippen molar-refractivity contribution in [2.24, 2.45) is 0 Å². The molecule has 30 heavy (non-hydrogen) atoms. The van der Waals surface area contributed by atoms with Crippen molar-refractivity contribution in [3.05, 3.63) is 83.9 Å². The number of benzene rings is 3. The van der Waals surface area contributed by atoms with Gasteiger partial charge in [-0.25, -0.2) is 17.9 Å². The third-order valence-electron chi connectivity index (χ3n) is 4.11. The molecule has 0 aromatic heterocycles. The first kappa shape index (κ1) is 20.9. The second-order valence-corrected chi connectivity index (χ2v) is 8.10. The van der Waals surface area contributed by atoms with Crippen molar-refractivity contribution in [1.29, 1.82) is 0 Å². The lowest BCUT2D eigenvalue weighted by Gasteiger charge is -2.10. The normalized spacial score (nSPS) is 10.8. The molecule has 0 heterocycles. The van der Waals surface area contributed by atoms with Crippen molar-refractivity contribution in [2.45, 2.75) is 11.8 Å². The van der Waals surface area contributed by atoms with Crippen molar-refractivity contribution in [3.8, 4) is 5.75 Å². The molecular weight excluding hydrogens is 406 g/mol. The summed E-state index contributed by atoms with van der Waals surface area (Å²) in [5.74, 6) is -1.28. The van der Waals surface area contributed by atoms with Crippen LogP contribution in [0.2, 0.25) is 0 Å². The number of para-hydroxylation sites is 1. The van der Waals surface area contributed by atoms with E-state index in [1.54, 1.807) is 12.1 Å². The van der Waals surface area contributed by atoms with Gasteiger partial charge in [0.2, 0.25) is 0 Å². The SMILES string of the molecule is Cc1ccc(NC(=O)Nc2ccc(S(=O)(=O)NC(=O)c3ccccc3O)cc2)cc1. The Kier molecular flexibility index (Phi) is 6.03. The number of urea groups is 1. The highest BCUT2D eigenvalue weighted by Crippen LogP contribution is 2.18. The van der Waals surface area contributed by atoms with Crippen LogP contribution in [0.1, 0.15) is 15.9 Å². The van der Waals surface area contributed by atoms with E-state index in [1.807, 2.05) is 23.8 Å². The minimum absolute atomic E-state index is 0.160. The van der Waals surface area contributed by atoms with Gasteiger partial charge in [-0.05, 0) is 55.5 Å². The third kappa shape index (κ3) is 5.15. The highest BCUT2D eigenvalue weighted by molar-refractivity contribution is 7.90. The van der Waals surface area contributed by atoms with E-state index in [0.717, 1.165) is 5.56 Å². The Morgan fingerprint density at radius 3 is 1.90 bits per heavy atom. The molecule has 8 nitrogen and oxygen atoms in total. The quantitative estimate of drug-likeness (QED) is 0.498. The molecule has 154 valence electrons. The predicted molar refractivity (Wildman–Crippen MR) is 113 cm³/mol. The molecule has 0 fully saturated rings. The number of sulfonamides is 1. The van der Waals surface area contributed by atoms with Gasteiger partial charge in [-0.2, -0.15) is 0 Å². The number of carbonyl (C=O) groups excluding carboxylic acids is 2. The first-order chi connectivity index (χ1) is 14.2. The zero-order chi connectivity index (χ0) is 21.7. The number of phenolic OH excluding ortho intramolecular Hbond substituents is 1. The molecule has 0 spiro atoms.